The predicted octanol–water partition coefficient (Wildman–Crippen LogP) is 2.62. The molecule has 2 aliphatic rings. The molecular weight excluding hydrogens is 256 g/mol. The van der Waals surface area contributed by atoms with Crippen LogP contribution in [-0.2, 0) is 12.0 Å². The molecule has 2 aromatic rings. The number of hydrogen-bond acceptors (Lipinski definition) is 4. The first-order valence-corrected chi connectivity index (χ1v) is 6.97. The third-order valence-corrected chi connectivity index (χ3v) is 4.15. The van der Waals surface area contributed by atoms with Crippen molar-refractivity contribution in [2.24, 2.45) is 0 Å². The van der Waals surface area contributed by atoms with Crippen LogP contribution in [0.4, 0.5) is 0 Å². The minimum Gasteiger partial charge on any atom is -0.486 e. The van der Waals surface area contributed by atoms with Crippen molar-refractivity contribution in [3.8, 4) is 11.5 Å². The highest BCUT2D eigenvalue weighted by Crippen LogP contribution is 2.43. The SMILES string of the molecule is OC1(c2ccc3c(c2)OCCO3)CCCc2occc21. The van der Waals surface area contributed by atoms with E-state index < -0.39 is 5.60 Å². The molecule has 104 valence electrons. The zero-order valence-electron chi connectivity index (χ0n) is 11.1. The van der Waals surface area contributed by atoms with Crippen molar-refractivity contribution in [2.75, 3.05) is 13.2 Å². The Morgan fingerprint density at radius 3 is 2.80 bits per heavy atom. The van der Waals surface area contributed by atoms with Gasteiger partial charge in [-0.15, -0.1) is 0 Å². The van der Waals surface area contributed by atoms with Crippen LogP contribution < -0.4 is 9.47 Å². The summed E-state index contributed by atoms with van der Waals surface area (Å²) in [5.74, 6) is 2.33. The molecule has 4 heteroatoms. The van der Waals surface area contributed by atoms with Crippen LogP contribution in [0, 0.1) is 0 Å². The van der Waals surface area contributed by atoms with Gasteiger partial charge in [-0.1, -0.05) is 6.07 Å². The lowest BCUT2D eigenvalue weighted by molar-refractivity contribution is 0.0582. The highest BCUT2D eigenvalue weighted by atomic mass is 16.6. The summed E-state index contributed by atoms with van der Waals surface area (Å²) in [6.45, 7) is 1.12. The molecule has 1 aliphatic carbocycles. The second-order valence-electron chi connectivity index (χ2n) is 5.33. The van der Waals surface area contributed by atoms with Gasteiger partial charge in [-0.2, -0.15) is 0 Å². The molecule has 0 bridgehead atoms. The van der Waals surface area contributed by atoms with E-state index in [1.54, 1.807) is 6.26 Å². The lowest BCUT2D eigenvalue weighted by atomic mass is 9.78. The van der Waals surface area contributed by atoms with Gasteiger partial charge in [0.1, 0.15) is 24.6 Å². The van der Waals surface area contributed by atoms with Crippen molar-refractivity contribution in [1.29, 1.82) is 0 Å². The molecule has 0 fully saturated rings. The third-order valence-electron chi connectivity index (χ3n) is 4.15. The minimum absolute atomic E-state index is 0.547. The monoisotopic (exact) mass is 272 g/mol. The standard InChI is InChI=1S/C16H16O4/c17-16(6-1-2-13-12(16)5-7-18-13)11-3-4-14-15(10-11)20-9-8-19-14/h3-5,7,10,17H,1-2,6,8-9H2. The average molecular weight is 272 g/mol. The van der Waals surface area contributed by atoms with Crippen LogP contribution in [0.3, 0.4) is 0 Å². The van der Waals surface area contributed by atoms with Crippen LogP contribution in [0.15, 0.2) is 34.9 Å². The molecule has 1 N–H and O–H groups in total. The Bertz CT molecular complexity index is 646. The van der Waals surface area contributed by atoms with Gasteiger partial charge in [-0.25, -0.2) is 0 Å². The molecule has 20 heavy (non-hydrogen) atoms. The summed E-state index contributed by atoms with van der Waals surface area (Å²) < 4.78 is 16.6. The summed E-state index contributed by atoms with van der Waals surface area (Å²) in [5.41, 5.74) is 0.723. The van der Waals surface area contributed by atoms with Gasteiger partial charge in [0, 0.05) is 12.0 Å². The van der Waals surface area contributed by atoms with Crippen LogP contribution in [0.25, 0.3) is 0 Å². The maximum Gasteiger partial charge on any atom is 0.161 e. The fourth-order valence-corrected chi connectivity index (χ4v) is 3.14. The van der Waals surface area contributed by atoms with Gasteiger partial charge in [0.05, 0.1) is 6.26 Å². The van der Waals surface area contributed by atoms with Gasteiger partial charge >= 0.3 is 0 Å². The first-order valence-electron chi connectivity index (χ1n) is 6.97. The quantitative estimate of drug-likeness (QED) is 0.867. The Kier molecular flexibility index (Phi) is 2.54. The molecule has 1 atom stereocenters. The second-order valence-corrected chi connectivity index (χ2v) is 5.33. The third kappa shape index (κ3) is 1.64. The summed E-state index contributed by atoms with van der Waals surface area (Å²) in [7, 11) is 0. The number of aryl methyl sites for hydroxylation is 1. The van der Waals surface area contributed by atoms with E-state index >= 15 is 0 Å². The summed E-state index contributed by atoms with van der Waals surface area (Å²) >= 11 is 0. The molecule has 4 rings (SSSR count). The van der Waals surface area contributed by atoms with Crippen molar-refractivity contribution < 1.29 is 19.0 Å². The van der Waals surface area contributed by atoms with E-state index in [-0.39, 0.29) is 0 Å². The van der Waals surface area contributed by atoms with Crippen molar-refractivity contribution >= 4 is 0 Å². The molecule has 0 saturated carbocycles. The van der Waals surface area contributed by atoms with Gasteiger partial charge in [0.15, 0.2) is 11.5 Å². The van der Waals surface area contributed by atoms with Gasteiger partial charge in [-0.3, -0.25) is 0 Å². The number of hydrogen-bond donors (Lipinski definition) is 1. The lowest BCUT2D eigenvalue weighted by Crippen LogP contribution is -2.31. The minimum atomic E-state index is -0.990. The summed E-state index contributed by atoms with van der Waals surface area (Å²) in [6, 6.07) is 7.54. The Balaban J connectivity index is 1.81. The highest BCUT2D eigenvalue weighted by molar-refractivity contribution is 5.49. The highest BCUT2D eigenvalue weighted by Gasteiger charge is 2.38. The maximum atomic E-state index is 11.1. The average Bonchev–Trinajstić information content (AvgIpc) is 2.97. The lowest BCUT2D eigenvalue weighted by Gasteiger charge is -2.33. The normalized spacial score (nSPS) is 24.2. The zero-order valence-corrected chi connectivity index (χ0v) is 11.1. The first-order chi connectivity index (χ1) is 9.77. The topological polar surface area (TPSA) is 51.8 Å². The molecule has 1 aliphatic heterocycles. The van der Waals surface area contributed by atoms with E-state index in [2.05, 4.69) is 0 Å². The number of benzene rings is 1. The molecule has 4 nitrogen and oxygen atoms in total. The number of fused-ring (bicyclic) bond motifs is 2. The largest absolute Gasteiger partial charge is 0.486 e. The van der Waals surface area contributed by atoms with E-state index in [9.17, 15) is 5.11 Å². The van der Waals surface area contributed by atoms with E-state index in [1.165, 1.54) is 0 Å². The fourth-order valence-electron chi connectivity index (χ4n) is 3.14. The van der Waals surface area contributed by atoms with Crippen LogP contribution in [0.2, 0.25) is 0 Å². The number of furan rings is 1. The van der Waals surface area contributed by atoms with Crippen molar-refractivity contribution in [3.63, 3.8) is 0 Å². The van der Waals surface area contributed by atoms with Gasteiger partial charge in [-0.05, 0) is 36.6 Å². The smallest absolute Gasteiger partial charge is 0.161 e. The van der Waals surface area contributed by atoms with Gasteiger partial charge in [0.2, 0.25) is 0 Å². The fraction of sp³-hybridized carbons (Fsp3) is 0.375. The summed E-state index contributed by atoms with van der Waals surface area (Å²) in [6.07, 6.45) is 4.14. The Labute approximate surface area is 116 Å². The molecule has 0 saturated heterocycles. The van der Waals surface area contributed by atoms with Gasteiger partial charge < -0.3 is 19.0 Å². The van der Waals surface area contributed by atoms with Crippen LogP contribution >= 0.6 is 0 Å². The maximum absolute atomic E-state index is 11.1. The summed E-state index contributed by atoms with van der Waals surface area (Å²) in [4.78, 5) is 0. The molecule has 0 amide bonds. The van der Waals surface area contributed by atoms with E-state index in [1.807, 2.05) is 24.3 Å². The van der Waals surface area contributed by atoms with Crippen molar-refractivity contribution in [2.45, 2.75) is 24.9 Å². The second kappa shape index (κ2) is 4.28. The first kappa shape index (κ1) is 11.9. The number of ether oxygens (including phenoxy) is 2. The van der Waals surface area contributed by atoms with E-state index in [4.69, 9.17) is 13.9 Å². The van der Waals surface area contributed by atoms with Crippen LogP contribution in [0.1, 0.15) is 29.7 Å². The number of aliphatic hydroxyl groups is 1. The summed E-state index contributed by atoms with van der Waals surface area (Å²) in [5, 5.41) is 11.1. The molecule has 1 unspecified atom stereocenters. The van der Waals surface area contributed by atoms with Crippen LogP contribution in [-0.4, -0.2) is 18.3 Å². The number of rotatable bonds is 1. The van der Waals surface area contributed by atoms with Crippen molar-refractivity contribution in [3.05, 3.63) is 47.4 Å². The molecule has 0 spiro atoms. The Morgan fingerprint density at radius 1 is 1.05 bits per heavy atom. The Hall–Kier alpha value is -1.94. The molecule has 2 heterocycles. The van der Waals surface area contributed by atoms with Gasteiger partial charge in [0.25, 0.3) is 0 Å². The van der Waals surface area contributed by atoms with Crippen molar-refractivity contribution in [1.82, 2.24) is 0 Å². The molecule has 1 aromatic carbocycles. The molecular formula is C16H16O4. The van der Waals surface area contributed by atoms with E-state index in [0.29, 0.717) is 25.4 Å². The predicted molar refractivity (Wildman–Crippen MR) is 72.1 cm³/mol. The molecule has 0 radical (unpaired) electrons. The van der Waals surface area contributed by atoms with E-state index in [0.717, 1.165) is 35.5 Å². The van der Waals surface area contributed by atoms with Crippen LogP contribution in [0.5, 0.6) is 11.5 Å². The molecule has 1 aromatic heterocycles. The zero-order chi connectivity index (χ0) is 13.6. The Morgan fingerprint density at radius 2 is 1.90 bits per heavy atom.